The Kier molecular flexibility index (Phi) is 6.03. The molecule has 0 saturated carbocycles. The Labute approximate surface area is 147 Å². The zero-order valence-electron chi connectivity index (χ0n) is 14.3. The molecule has 1 N–H and O–H groups in total. The third-order valence-corrected chi connectivity index (χ3v) is 4.02. The van der Waals surface area contributed by atoms with Gasteiger partial charge in [-0.25, -0.2) is 0 Å². The summed E-state index contributed by atoms with van der Waals surface area (Å²) in [4.78, 5) is 14.1. The zero-order chi connectivity index (χ0) is 17.7. The summed E-state index contributed by atoms with van der Waals surface area (Å²) in [6.45, 7) is 2.69. The maximum atomic E-state index is 12.5. The highest BCUT2D eigenvalue weighted by Crippen LogP contribution is 2.38. The molecule has 1 aliphatic rings. The van der Waals surface area contributed by atoms with E-state index in [0.717, 1.165) is 18.4 Å². The van der Waals surface area contributed by atoms with Gasteiger partial charge in [-0.15, -0.1) is 0 Å². The van der Waals surface area contributed by atoms with Crippen LogP contribution in [0.2, 0.25) is 0 Å². The Morgan fingerprint density at radius 1 is 1.17 bits per heavy atom. The normalized spacial score (nSPS) is 15.7. The molecule has 0 unspecified atom stereocenters. The summed E-state index contributed by atoms with van der Waals surface area (Å²) in [5, 5.41) is 3.41. The number of hydrogen-bond acceptors (Lipinski definition) is 5. The predicted molar refractivity (Wildman–Crippen MR) is 96.4 cm³/mol. The number of rotatable bonds is 7. The van der Waals surface area contributed by atoms with Crippen molar-refractivity contribution in [3.63, 3.8) is 0 Å². The van der Waals surface area contributed by atoms with Crippen molar-refractivity contribution in [3.05, 3.63) is 23.4 Å². The molecule has 1 aromatic carbocycles. The Bertz CT molecular complexity index is 648. The van der Waals surface area contributed by atoms with Gasteiger partial charge >= 0.3 is 0 Å². The molecule has 0 radical (unpaired) electrons. The number of hydrogen-bond donors (Lipinski definition) is 1. The summed E-state index contributed by atoms with van der Waals surface area (Å²) in [6, 6.07) is 3.56. The second-order valence-electron chi connectivity index (χ2n) is 5.26. The van der Waals surface area contributed by atoms with Crippen LogP contribution in [0.5, 0.6) is 17.2 Å². The molecule has 0 atom stereocenters. The van der Waals surface area contributed by atoms with Crippen LogP contribution in [0.4, 0.5) is 0 Å². The number of benzene rings is 1. The van der Waals surface area contributed by atoms with E-state index in [1.54, 1.807) is 44.4 Å². The van der Waals surface area contributed by atoms with Crippen molar-refractivity contribution in [1.29, 1.82) is 0 Å². The summed E-state index contributed by atoms with van der Waals surface area (Å²) >= 11 is 5.24. The molecule has 1 aliphatic heterocycles. The van der Waals surface area contributed by atoms with E-state index in [1.807, 2.05) is 0 Å². The van der Waals surface area contributed by atoms with E-state index in [0.29, 0.717) is 34.6 Å². The maximum absolute atomic E-state index is 12.5. The van der Waals surface area contributed by atoms with E-state index in [1.165, 1.54) is 0 Å². The molecule has 6 nitrogen and oxygen atoms in total. The monoisotopic (exact) mass is 350 g/mol. The number of unbranched alkanes of at least 4 members (excludes halogenated alkanes) is 1. The Hall–Kier alpha value is -2.28. The highest BCUT2D eigenvalue weighted by atomic mass is 32.1. The second-order valence-corrected chi connectivity index (χ2v) is 5.64. The SMILES string of the molecule is CCCCN1C(=O)/C(=C/c2cc(OC)c(OC)c(OC)c2)NC1=S. The van der Waals surface area contributed by atoms with E-state index in [-0.39, 0.29) is 5.91 Å². The third-order valence-electron chi connectivity index (χ3n) is 3.70. The largest absolute Gasteiger partial charge is 0.493 e. The smallest absolute Gasteiger partial charge is 0.276 e. The number of thiocarbonyl (C=S) groups is 1. The van der Waals surface area contributed by atoms with Crippen LogP contribution in [-0.4, -0.2) is 43.8 Å². The number of nitrogens with one attached hydrogen (secondary N) is 1. The number of nitrogens with zero attached hydrogens (tertiary/aromatic N) is 1. The molecule has 0 aliphatic carbocycles. The van der Waals surface area contributed by atoms with Gasteiger partial charge in [0.05, 0.1) is 21.3 Å². The maximum Gasteiger partial charge on any atom is 0.276 e. The summed E-state index contributed by atoms with van der Waals surface area (Å²) in [5.74, 6) is 1.44. The Morgan fingerprint density at radius 2 is 1.79 bits per heavy atom. The number of amides is 1. The van der Waals surface area contributed by atoms with Crippen LogP contribution < -0.4 is 19.5 Å². The molecule has 0 aromatic heterocycles. The lowest BCUT2D eigenvalue weighted by molar-refractivity contribution is -0.122. The first-order chi connectivity index (χ1) is 11.5. The van der Waals surface area contributed by atoms with Crippen molar-refractivity contribution in [3.8, 4) is 17.2 Å². The average molecular weight is 350 g/mol. The Balaban J connectivity index is 2.34. The minimum atomic E-state index is -0.123. The number of ether oxygens (including phenoxy) is 3. The van der Waals surface area contributed by atoms with Crippen LogP contribution in [0.15, 0.2) is 17.8 Å². The minimum absolute atomic E-state index is 0.123. The van der Waals surface area contributed by atoms with Crippen LogP contribution in [0.3, 0.4) is 0 Å². The first-order valence-corrected chi connectivity index (χ1v) is 8.11. The molecule has 24 heavy (non-hydrogen) atoms. The Morgan fingerprint density at radius 3 is 2.29 bits per heavy atom. The van der Waals surface area contributed by atoms with Crippen molar-refractivity contribution in [1.82, 2.24) is 10.2 Å². The summed E-state index contributed by atoms with van der Waals surface area (Å²) in [7, 11) is 4.65. The van der Waals surface area contributed by atoms with E-state index < -0.39 is 0 Å². The van der Waals surface area contributed by atoms with Gasteiger partial charge in [0.15, 0.2) is 16.6 Å². The summed E-state index contributed by atoms with van der Waals surface area (Å²) in [5.41, 5.74) is 1.19. The molecule has 130 valence electrons. The van der Waals surface area contributed by atoms with Gasteiger partial charge in [-0.05, 0) is 42.4 Å². The molecule has 1 fully saturated rings. The van der Waals surface area contributed by atoms with E-state index in [2.05, 4.69) is 12.2 Å². The molecular weight excluding hydrogens is 328 g/mol. The van der Waals surface area contributed by atoms with Crippen molar-refractivity contribution < 1.29 is 19.0 Å². The van der Waals surface area contributed by atoms with Crippen LogP contribution in [0, 0.1) is 0 Å². The van der Waals surface area contributed by atoms with Crippen molar-refractivity contribution >= 4 is 29.3 Å². The molecule has 0 spiro atoms. The van der Waals surface area contributed by atoms with Gasteiger partial charge in [-0.3, -0.25) is 9.69 Å². The first-order valence-electron chi connectivity index (χ1n) is 7.70. The fraction of sp³-hybridized carbons (Fsp3) is 0.412. The van der Waals surface area contributed by atoms with Gasteiger partial charge in [0.1, 0.15) is 5.70 Å². The predicted octanol–water partition coefficient (Wildman–Crippen LogP) is 2.57. The van der Waals surface area contributed by atoms with Gasteiger partial charge in [-0.1, -0.05) is 13.3 Å². The van der Waals surface area contributed by atoms with Crippen LogP contribution >= 0.6 is 12.2 Å². The molecule has 1 amide bonds. The molecule has 1 saturated heterocycles. The van der Waals surface area contributed by atoms with Crippen LogP contribution in [0.25, 0.3) is 6.08 Å². The molecule has 2 rings (SSSR count). The molecule has 0 bridgehead atoms. The van der Waals surface area contributed by atoms with Gasteiger partial charge in [-0.2, -0.15) is 0 Å². The standard InChI is InChI=1S/C17H22N2O4S/c1-5-6-7-19-16(20)12(18-17(19)24)8-11-9-13(21-2)15(23-4)14(10-11)22-3/h8-10H,5-7H2,1-4H3,(H,18,24)/b12-8-. The molecule has 1 aromatic rings. The lowest BCUT2D eigenvalue weighted by atomic mass is 10.1. The van der Waals surface area contributed by atoms with Crippen LogP contribution in [0.1, 0.15) is 25.3 Å². The average Bonchev–Trinajstić information content (AvgIpc) is 2.85. The zero-order valence-corrected chi connectivity index (χ0v) is 15.2. The lowest BCUT2D eigenvalue weighted by Gasteiger charge is -2.13. The lowest BCUT2D eigenvalue weighted by Crippen LogP contribution is -2.31. The highest BCUT2D eigenvalue weighted by molar-refractivity contribution is 7.80. The first kappa shape index (κ1) is 18.1. The minimum Gasteiger partial charge on any atom is -0.493 e. The van der Waals surface area contributed by atoms with E-state index in [9.17, 15) is 4.79 Å². The van der Waals surface area contributed by atoms with Gasteiger partial charge in [0.2, 0.25) is 5.75 Å². The molecule has 7 heteroatoms. The topological polar surface area (TPSA) is 60.0 Å². The number of carbonyl (C=O) groups excluding carboxylic acids is 1. The number of methoxy groups -OCH3 is 3. The fourth-order valence-electron chi connectivity index (χ4n) is 2.44. The van der Waals surface area contributed by atoms with Gasteiger partial charge in [0.25, 0.3) is 5.91 Å². The molecular formula is C17H22N2O4S. The van der Waals surface area contributed by atoms with Gasteiger partial charge in [0, 0.05) is 6.54 Å². The third kappa shape index (κ3) is 3.62. The van der Waals surface area contributed by atoms with E-state index in [4.69, 9.17) is 26.4 Å². The quantitative estimate of drug-likeness (QED) is 0.602. The summed E-state index contributed by atoms with van der Waals surface area (Å²) < 4.78 is 16.0. The van der Waals surface area contributed by atoms with Gasteiger partial charge < -0.3 is 19.5 Å². The van der Waals surface area contributed by atoms with Crippen molar-refractivity contribution in [2.75, 3.05) is 27.9 Å². The van der Waals surface area contributed by atoms with E-state index >= 15 is 0 Å². The van der Waals surface area contributed by atoms with Crippen molar-refractivity contribution in [2.24, 2.45) is 0 Å². The molecule has 1 heterocycles. The van der Waals surface area contributed by atoms with Crippen molar-refractivity contribution in [2.45, 2.75) is 19.8 Å². The van der Waals surface area contributed by atoms with Crippen LogP contribution in [-0.2, 0) is 4.79 Å². The highest BCUT2D eigenvalue weighted by Gasteiger charge is 2.30. The number of carbonyl (C=O) groups is 1. The summed E-state index contributed by atoms with van der Waals surface area (Å²) in [6.07, 6.45) is 3.63. The second kappa shape index (κ2) is 8.01. The fourth-order valence-corrected chi connectivity index (χ4v) is 2.73.